The van der Waals surface area contributed by atoms with Crippen LogP contribution >= 0.6 is 0 Å². The number of benzene rings is 1. The van der Waals surface area contributed by atoms with Crippen LogP contribution in [0.1, 0.15) is 51.5 Å². The van der Waals surface area contributed by atoms with E-state index < -0.39 is 72.1 Å². The maximum Gasteiger partial charge on any atom is 0.326 e. The smallest absolute Gasteiger partial charge is 0.326 e. The highest BCUT2D eigenvalue weighted by molar-refractivity contribution is 5.95. The third kappa shape index (κ3) is 9.90. The summed E-state index contributed by atoms with van der Waals surface area (Å²) >= 11 is 0. The van der Waals surface area contributed by atoms with Gasteiger partial charge in [0.05, 0.1) is 6.04 Å². The highest BCUT2D eigenvalue weighted by Crippen LogP contribution is 2.19. The van der Waals surface area contributed by atoms with E-state index >= 15 is 0 Å². The van der Waals surface area contributed by atoms with E-state index in [1.54, 1.807) is 26.1 Å². The van der Waals surface area contributed by atoms with Gasteiger partial charge in [0.25, 0.3) is 0 Å². The van der Waals surface area contributed by atoms with Gasteiger partial charge in [-0.25, -0.2) is 4.79 Å². The van der Waals surface area contributed by atoms with E-state index in [9.17, 15) is 39.0 Å². The minimum Gasteiger partial charge on any atom is -0.481 e. The second kappa shape index (κ2) is 15.4. The topological polar surface area (TPSA) is 247 Å². The van der Waals surface area contributed by atoms with Gasteiger partial charge in [-0.1, -0.05) is 38.5 Å². The van der Waals surface area contributed by atoms with Crippen molar-refractivity contribution in [2.24, 2.45) is 17.4 Å². The molecular weight excluding hydrogens is 536 g/mol. The number of aromatic amines is 1. The summed E-state index contributed by atoms with van der Waals surface area (Å²) in [6.07, 6.45) is 1.07. The molecule has 0 spiro atoms. The van der Waals surface area contributed by atoms with E-state index in [1.807, 2.05) is 18.2 Å². The number of nitrogens with one attached hydrogen (secondary N) is 4. The Morgan fingerprint density at radius 2 is 1.54 bits per heavy atom. The van der Waals surface area contributed by atoms with Crippen LogP contribution in [0, 0.1) is 5.92 Å². The average molecular weight is 575 g/mol. The molecule has 224 valence electrons. The minimum atomic E-state index is -1.41. The molecule has 2 aromatic rings. The number of aliphatic carboxylic acids is 2. The van der Waals surface area contributed by atoms with Crippen molar-refractivity contribution >= 4 is 46.5 Å². The average Bonchev–Trinajstić information content (AvgIpc) is 3.33. The van der Waals surface area contributed by atoms with Gasteiger partial charge in [-0.05, 0) is 30.4 Å². The molecule has 10 N–H and O–H groups in total. The van der Waals surface area contributed by atoms with E-state index in [2.05, 4.69) is 20.9 Å². The van der Waals surface area contributed by atoms with Crippen LogP contribution in [0.15, 0.2) is 30.5 Å². The molecule has 0 saturated heterocycles. The first-order valence-electron chi connectivity index (χ1n) is 13.3. The molecule has 1 aromatic heterocycles. The maximum absolute atomic E-state index is 13.5. The van der Waals surface area contributed by atoms with Gasteiger partial charge in [-0.2, -0.15) is 0 Å². The number of hydrogen-bond acceptors (Lipinski definition) is 7. The van der Waals surface area contributed by atoms with Crippen molar-refractivity contribution in [3.05, 3.63) is 36.0 Å². The summed E-state index contributed by atoms with van der Waals surface area (Å²) in [5.41, 5.74) is 12.5. The van der Waals surface area contributed by atoms with Crippen molar-refractivity contribution in [2.75, 3.05) is 0 Å². The summed E-state index contributed by atoms with van der Waals surface area (Å²) in [6, 6.07) is 2.19. The molecule has 0 fully saturated rings. The summed E-state index contributed by atoms with van der Waals surface area (Å²) in [6.45, 7) is 3.39. The molecule has 0 saturated carbocycles. The van der Waals surface area contributed by atoms with Gasteiger partial charge >= 0.3 is 11.9 Å². The Labute approximate surface area is 236 Å². The predicted octanol–water partition coefficient (Wildman–Crippen LogP) is -0.247. The number of carbonyl (C=O) groups excluding carboxylic acids is 4. The molecule has 1 aromatic carbocycles. The lowest BCUT2D eigenvalue weighted by Gasteiger charge is -2.26. The van der Waals surface area contributed by atoms with Gasteiger partial charge in [0.2, 0.25) is 23.6 Å². The first kappa shape index (κ1) is 32.8. The Kier molecular flexibility index (Phi) is 12.3. The highest BCUT2D eigenvalue weighted by atomic mass is 16.4. The lowest BCUT2D eigenvalue weighted by molar-refractivity contribution is -0.144. The van der Waals surface area contributed by atoms with Crippen molar-refractivity contribution in [2.45, 2.75) is 76.5 Å². The number of primary amides is 1. The fourth-order valence-electron chi connectivity index (χ4n) is 4.18. The number of carboxylic acids is 2. The molecule has 0 aliphatic rings. The van der Waals surface area contributed by atoms with Crippen LogP contribution in [0.4, 0.5) is 0 Å². The quantitative estimate of drug-likeness (QED) is 0.124. The van der Waals surface area contributed by atoms with Gasteiger partial charge < -0.3 is 42.6 Å². The number of fused-ring (bicyclic) bond motifs is 1. The zero-order valence-corrected chi connectivity index (χ0v) is 23.0. The highest BCUT2D eigenvalue weighted by Gasteiger charge is 2.32. The molecule has 14 heteroatoms. The number of H-pyrrole nitrogens is 1. The Morgan fingerprint density at radius 1 is 0.902 bits per heavy atom. The van der Waals surface area contributed by atoms with Crippen molar-refractivity contribution in [1.82, 2.24) is 20.9 Å². The largest absolute Gasteiger partial charge is 0.481 e. The van der Waals surface area contributed by atoms with Crippen LogP contribution in [0.2, 0.25) is 0 Å². The summed E-state index contributed by atoms with van der Waals surface area (Å²) in [5, 5.41) is 27.0. The standard InChI is InChI=1S/C27H38N6O8/c1-3-14(2)23(27(40)41)33-25(38)19(9-11-22(35)36)31-26(39)20(32-24(37)17(28)8-10-21(29)34)12-15-13-30-18-7-5-4-6-16(15)18/h4-7,13-14,17,19-20,23,30H,3,8-12,28H2,1-2H3,(H2,29,34)(H,31,39)(H,32,37)(H,33,38)(H,35,36)(H,40,41). The predicted molar refractivity (Wildman–Crippen MR) is 148 cm³/mol. The van der Waals surface area contributed by atoms with E-state index in [0.717, 1.165) is 10.9 Å². The number of hydrogen-bond donors (Lipinski definition) is 8. The lowest BCUT2D eigenvalue weighted by Crippen LogP contribution is -2.58. The van der Waals surface area contributed by atoms with Gasteiger partial charge in [0.15, 0.2) is 0 Å². The number of aromatic nitrogens is 1. The number of para-hydroxylation sites is 1. The molecule has 0 radical (unpaired) electrons. The summed E-state index contributed by atoms with van der Waals surface area (Å²) < 4.78 is 0. The van der Waals surface area contributed by atoms with Crippen LogP contribution in [-0.4, -0.2) is 74.9 Å². The Morgan fingerprint density at radius 3 is 2.15 bits per heavy atom. The van der Waals surface area contributed by atoms with Crippen molar-refractivity contribution in [3.63, 3.8) is 0 Å². The zero-order valence-electron chi connectivity index (χ0n) is 23.0. The van der Waals surface area contributed by atoms with E-state index in [1.165, 1.54) is 0 Å². The van der Waals surface area contributed by atoms with Crippen LogP contribution in [-0.2, 0) is 35.2 Å². The molecule has 5 atom stereocenters. The van der Waals surface area contributed by atoms with Crippen molar-refractivity contribution in [1.29, 1.82) is 0 Å². The molecule has 0 aliphatic heterocycles. The zero-order chi connectivity index (χ0) is 30.7. The summed E-state index contributed by atoms with van der Waals surface area (Å²) in [4.78, 5) is 76.6. The van der Waals surface area contributed by atoms with E-state index in [-0.39, 0.29) is 25.7 Å². The van der Waals surface area contributed by atoms with Gasteiger partial charge in [-0.15, -0.1) is 0 Å². The molecule has 2 rings (SSSR count). The molecule has 5 unspecified atom stereocenters. The molecule has 41 heavy (non-hydrogen) atoms. The fraction of sp³-hybridized carbons (Fsp3) is 0.481. The summed E-state index contributed by atoms with van der Waals surface area (Å²) in [7, 11) is 0. The van der Waals surface area contributed by atoms with E-state index in [4.69, 9.17) is 11.5 Å². The van der Waals surface area contributed by atoms with Gasteiger partial charge in [0.1, 0.15) is 18.1 Å². The number of carbonyl (C=O) groups is 6. The molecule has 4 amide bonds. The van der Waals surface area contributed by atoms with Crippen molar-refractivity contribution < 1.29 is 39.0 Å². The molecular formula is C27H38N6O8. The van der Waals surface area contributed by atoms with E-state index in [0.29, 0.717) is 12.0 Å². The fourth-order valence-corrected chi connectivity index (χ4v) is 4.18. The first-order chi connectivity index (χ1) is 19.3. The van der Waals surface area contributed by atoms with Crippen LogP contribution in [0.5, 0.6) is 0 Å². The minimum absolute atomic E-state index is 0.0258. The number of rotatable bonds is 17. The number of carboxylic acid groups (broad SMARTS) is 2. The van der Waals surface area contributed by atoms with Crippen molar-refractivity contribution in [3.8, 4) is 0 Å². The Balaban J connectivity index is 2.32. The van der Waals surface area contributed by atoms with Crippen LogP contribution < -0.4 is 27.4 Å². The second-order valence-corrected chi connectivity index (χ2v) is 9.94. The first-order valence-corrected chi connectivity index (χ1v) is 13.3. The summed E-state index contributed by atoms with van der Waals surface area (Å²) in [5.74, 6) is -6.01. The maximum atomic E-state index is 13.5. The lowest BCUT2D eigenvalue weighted by atomic mass is 9.98. The second-order valence-electron chi connectivity index (χ2n) is 9.94. The van der Waals surface area contributed by atoms with Gasteiger partial charge in [0, 0.05) is 36.4 Å². The molecule has 1 heterocycles. The molecule has 14 nitrogen and oxygen atoms in total. The number of amides is 4. The monoisotopic (exact) mass is 574 g/mol. The third-order valence-electron chi connectivity index (χ3n) is 6.83. The SMILES string of the molecule is CCC(C)C(NC(=O)C(CCC(=O)O)NC(=O)C(Cc1c[nH]c2ccccc12)NC(=O)C(N)CCC(N)=O)C(=O)O. The van der Waals surface area contributed by atoms with Crippen LogP contribution in [0.25, 0.3) is 10.9 Å². The van der Waals surface area contributed by atoms with Crippen LogP contribution in [0.3, 0.4) is 0 Å². The molecule has 0 aliphatic carbocycles. The normalized spacial score (nSPS) is 14.7. The molecule has 0 bridgehead atoms. The Bertz CT molecular complexity index is 1260. The number of nitrogens with two attached hydrogens (primary N) is 2. The van der Waals surface area contributed by atoms with Gasteiger partial charge in [-0.3, -0.25) is 24.0 Å². The Hall–Kier alpha value is -4.46. The third-order valence-corrected chi connectivity index (χ3v) is 6.83.